The Bertz CT molecular complexity index is 898. The third kappa shape index (κ3) is 4.63. The number of anilines is 1. The normalized spacial score (nSPS) is 17.2. The number of carbonyl (C=O) groups is 1. The first kappa shape index (κ1) is 18.4. The molecule has 2 aromatic rings. The predicted octanol–water partition coefficient (Wildman–Crippen LogP) is 1.79. The van der Waals surface area contributed by atoms with Gasteiger partial charge in [0.25, 0.3) is 5.91 Å². The average molecular weight is 379 g/mol. The Hall–Kier alpha value is -2.36. The van der Waals surface area contributed by atoms with Crippen molar-refractivity contribution in [3.05, 3.63) is 54.1 Å². The van der Waals surface area contributed by atoms with E-state index >= 15 is 0 Å². The zero-order valence-electron chi connectivity index (χ0n) is 13.8. The standard InChI is InChI=1S/C17H18FN3O4S/c18-14-7-15(10-19-9-14)21-17(22)13-2-1-3-16(6-13)26(23,24)20-8-12-4-5-25-11-12/h1-3,6-7,9-10,12,20H,4-5,8,11H2,(H,21,22)/t12-/m0/s1. The molecule has 0 radical (unpaired) electrons. The Balaban J connectivity index is 1.71. The number of ether oxygens (including phenoxy) is 1. The number of sulfonamides is 1. The van der Waals surface area contributed by atoms with Gasteiger partial charge in [-0.05, 0) is 30.5 Å². The van der Waals surface area contributed by atoms with Crippen LogP contribution in [0.2, 0.25) is 0 Å². The summed E-state index contributed by atoms with van der Waals surface area (Å²) in [5, 5.41) is 2.48. The highest BCUT2D eigenvalue weighted by molar-refractivity contribution is 7.89. The summed E-state index contributed by atoms with van der Waals surface area (Å²) in [5.41, 5.74) is 0.323. The number of hydrogen-bond donors (Lipinski definition) is 2. The van der Waals surface area contributed by atoms with Crippen LogP contribution in [0.3, 0.4) is 0 Å². The summed E-state index contributed by atoms with van der Waals surface area (Å²) in [6.07, 6.45) is 3.13. The van der Waals surface area contributed by atoms with Crippen molar-refractivity contribution in [2.75, 3.05) is 25.1 Å². The maximum absolute atomic E-state index is 13.1. The lowest BCUT2D eigenvalue weighted by atomic mass is 10.1. The van der Waals surface area contributed by atoms with Crippen molar-refractivity contribution in [2.45, 2.75) is 11.3 Å². The van der Waals surface area contributed by atoms with Crippen molar-refractivity contribution < 1.29 is 22.3 Å². The maximum atomic E-state index is 13.1. The second-order valence-electron chi connectivity index (χ2n) is 5.96. The molecule has 0 spiro atoms. The van der Waals surface area contributed by atoms with Gasteiger partial charge in [0.15, 0.2) is 0 Å². The van der Waals surface area contributed by atoms with Gasteiger partial charge in [-0.1, -0.05) is 6.07 Å². The van der Waals surface area contributed by atoms with Gasteiger partial charge < -0.3 is 10.1 Å². The summed E-state index contributed by atoms with van der Waals surface area (Å²) in [5.74, 6) is -0.991. The lowest BCUT2D eigenvalue weighted by Crippen LogP contribution is -2.29. The fourth-order valence-electron chi connectivity index (χ4n) is 2.54. The van der Waals surface area contributed by atoms with E-state index in [1.165, 1.54) is 30.5 Å². The van der Waals surface area contributed by atoms with Crippen LogP contribution in [0.1, 0.15) is 16.8 Å². The Morgan fingerprint density at radius 2 is 2.15 bits per heavy atom. The van der Waals surface area contributed by atoms with E-state index in [1.807, 2.05) is 0 Å². The van der Waals surface area contributed by atoms with Crippen molar-refractivity contribution in [3.8, 4) is 0 Å². The zero-order chi connectivity index (χ0) is 18.6. The molecule has 0 unspecified atom stereocenters. The summed E-state index contributed by atoms with van der Waals surface area (Å²) in [4.78, 5) is 15.9. The topological polar surface area (TPSA) is 97.4 Å². The summed E-state index contributed by atoms with van der Waals surface area (Å²) in [6.45, 7) is 1.46. The van der Waals surface area contributed by atoms with Gasteiger partial charge in [0.05, 0.1) is 29.6 Å². The van der Waals surface area contributed by atoms with Crippen LogP contribution in [-0.2, 0) is 14.8 Å². The van der Waals surface area contributed by atoms with Crippen molar-refractivity contribution >= 4 is 21.6 Å². The molecule has 2 heterocycles. The molecule has 26 heavy (non-hydrogen) atoms. The van der Waals surface area contributed by atoms with Gasteiger partial charge in [-0.25, -0.2) is 17.5 Å². The van der Waals surface area contributed by atoms with Crippen LogP contribution in [0.15, 0.2) is 47.6 Å². The number of carbonyl (C=O) groups excluding carboxylic acids is 1. The van der Waals surface area contributed by atoms with Gasteiger partial charge >= 0.3 is 0 Å². The number of rotatable bonds is 6. The molecule has 9 heteroatoms. The van der Waals surface area contributed by atoms with Crippen LogP contribution in [0.5, 0.6) is 0 Å². The second kappa shape index (κ2) is 7.90. The highest BCUT2D eigenvalue weighted by atomic mass is 32.2. The van der Waals surface area contributed by atoms with Crippen LogP contribution in [0.25, 0.3) is 0 Å². The van der Waals surface area contributed by atoms with Gasteiger partial charge in [-0.15, -0.1) is 0 Å². The lowest BCUT2D eigenvalue weighted by molar-refractivity contribution is 0.102. The third-order valence-electron chi connectivity index (χ3n) is 3.96. The molecule has 1 amide bonds. The highest BCUT2D eigenvalue weighted by Gasteiger charge is 2.21. The van der Waals surface area contributed by atoms with Gasteiger partial charge in [0.2, 0.25) is 10.0 Å². The number of hydrogen-bond acceptors (Lipinski definition) is 5. The molecule has 1 atom stereocenters. The van der Waals surface area contributed by atoms with E-state index in [9.17, 15) is 17.6 Å². The molecule has 2 N–H and O–H groups in total. The maximum Gasteiger partial charge on any atom is 0.255 e. The molecule has 138 valence electrons. The SMILES string of the molecule is O=C(Nc1cncc(F)c1)c1cccc(S(=O)(=O)NC[C@@H]2CCOC2)c1. The number of pyridine rings is 1. The molecule has 1 saturated heterocycles. The van der Waals surface area contributed by atoms with Gasteiger partial charge in [0, 0.05) is 24.8 Å². The van der Waals surface area contributed by atoms with Gasteiger partial charge in [0.1, 0.15) is 5.82 Å². The minimum Gasteiger partial charge on any atom is -0.381 e. The van der Waals surface area contributed by atoms with Crippen LogP contribution in [-0.4, -0.2) is 39.1 Å². The van der Waals surface area contributed by atoms with E-state index in [1.54, 1.807) is 0 Å². The van der Waals surface area contributed by atoms with E-state index < -0.39 is 21.7 Å². The van der Waals surface area contributed by atoms with Crippen LogP contribution in [0, 0.1) is 11.7 Å². The second-order valence-corrected chi connectivity index (χ2v) is 7.72. The summed E-state index contributed by atoms with van der Waals surface area (Å²) in [6, 6.07) is 6.76. The lowest BCUT2D eigenvalue weighted by Gasteiger charge is -2.11. The monoisotopic (exact) mass is 379 g/mol. The van der Waals surface area contributed by atoms with E-state index in [4.69, 9.17) is 4.74 Å². The zero-order valence-corrected chi connectivity index (χ0v) is 14.6. The van der Waals surface area contributed by atoms with Crippen molar-refractivity contribution in [2.24, 2.45) is 5.92 Å². The number of halogens is 1. The van der Waals surface area contributed by atoms with E-state index in [2.05, 4.69) is 15.0 Å². The fourth-order valence-corrected chi connectivity index (χ4v) is 3.70. The van der Waals surface area contributed by atoms with Gasteiger partial charge in [-0.3, -0.25) is 9.78 Å². The van der Waals surface area contributed by atoms with Crippen LogP contribution >= 0.6 is 0 Å². The number of amides is 1. The van der Waals surface area contributed by atoms with Gasteiger partial charge in [-0.2, -0.15) is 0 Å². The molecule has 3 rings (SSSR count). The first-order valence-corrected chi connectivity index (χ1v) is 9.52. The Morgan fingerprint density at radius 3 is 2.88 bits per heavy atom. The number of nitrogens with one attached hydrogen (secondary N) is 2. The average Bonchev–Trinajstić information content (AvgIpc) is 3.14. The van der Waals surface area contributed by atoms with E-state index in [0.717, 1.165) is 18.7 Å². The van der Waals surface area contributed by atoms with Crippen molar-refractivity contribution in [3.63, 3.8) is 0 Å². The third-order valence-corrected chi connectivity index (χ3v) is 5.38. The predicted molar refractivity (Wildman–Crippen MR) is 92.7 cm³/mol. The number of benzene rings is 1. The van der Waals surface area contributed by atoms with Crippen LogP contribution < -0.4 is 10.0 Å². The summed E-state index contributed by atoms with van der Waals surface area (Å²) >= 11 is 0. The Kier molecular flexibility index (Phi) is 5.60. The summed E-state index contributed by atoms with van der Waals surface area (Å²) in [7, 11) is -3.74. The molecule has 0 bridgehead atoms. The van der Waals surface area contributed by atoms with Crippen molar-refractivity contribution in [1.29, 1.82) is 0 Å². The molecular weight excluding hydrogens is 361 g/mol. The molecule has 1 fully saturated rings. The number of aromatic nitrogens is 1. The molecule has 1 aliphatic rings. The quantitative estimate of drug-likeness (QED) is 0.798. The molecule has 1 aromatic carbocycles. The Morgan fingerprint density at radius 1 is 1.31 bits per heavy atom. The van der Waals surface area contributed by atoms with Crippen molar-refractivity contribution in [1.82, 2.24) is 9.71 Å². The molecule has 1 aliphatic heterocycles. The van der Waals surface area contributed by atoms with E-state index in [-0.39, 0.29) is 28.6 Å². The molecule has 0 aliphatic carbocycles. The fraction of sp³-hybridized carbons (Fsp3) is 0.294. The highest BCUT2D eigenvalue weighted by Crippen LogP contribution is 2.16. The first-order chi connectivity index (χ1) is 12.4. The summed E-state index contributed by atoms with van der Waals surface area (Å²) < 4.78 is 45.8. The minimum absolute atomic E-state index is 0.0126. The minimum atomic E-state index is -3.74. The smallest absolute Gasteiger partial charge is 0.255 e. The first-order valence-electron chi connectivity index (χ1n) is 8.03. The van der Waals surface area contributed by atoms with E-state index in [0.29, 0.717) is 13.2 Å². The Labute approximate surface area is 150 Å². The molecule has 1 aromatic heterocycles. The number of nitrogens with zero attached hydrogens (tertiary/aromatic N) is 1. The largest absolute Gasteiger partial charge is 0.381 e. The van der Waals surface area contributed by atoms with Crippen LogP contribution in [0.4, 0.5) is 10.1 Å². The molecular formula is C17H18FN3O4S. The molecule has 0 saturated carbocycles. The molecule has 7 nitrogen and oxygen atoms in total.